The molecule has 7 nitrogen and oxygen atoms in total. The van der Waals surface area contributed by atoms with Crippen molar-refractivity contribution in [3.8, 4) is 0 Å². The normalized spacial score (nSPS) is 13.7. The monoisotopic (exact) mass is 372 g/mol. The van der Waals surface area contributed by atoms with Gasteiger partial charge in [-0.1, -0.05) is 13.8 Å². The highest BCUT2D eigenvalue weighted by Gasteiger charge is 2.29. The van der Waals surface area contributed by atoms with Crippen molar-refractivity contribution >= 4 is 17.8 Å². The first-order valence-electron chi connectivity index (χ1n) is 8.99. The topological polar surface area (TPSA) is 108 Å². The quantitative estimate of drug-likeness (QED) is 0.634. The van der Waals surface area contributed by atoms with Crippen LogP contribution in [0.15, 0.2) is 0 Å². The third-order valence-electron chi connectivity index (χ3n) is 3.32. The highest BCUT2D eigenvalue weighted by atomic mass is 16.6. The third-order valence-corrected chi connectivity index (χ3v) is 3.32. The molecular weight excluding hydrogens is 336 g/mol. The van der Waals surface area contributed by atoms with Crippen molar-refractivity contribution in [1.82, 2.24) is 5.32 Å². The predicted molar refractivity (Wildman–Crippen MR) is 101 cm³/mol. The summed E-state index contributed by atoms with van der Waals surface area (Å²) in [6, 6.07) is -0.950. The van der Waals surface area contributed by atoms with Crippen LogP contribution in [-0.2, 0) is 19.1 Å². The van der Waals surface area contributed by atoms with Crippen molar-refractivity contribution in [2.45, 2.75) is 91.9 Å². The van der Waals surface area contributed by atoms with Gasteiger partial charge in [0.2, 0.25) is 0 Å². The third kappa shape index (κ3) is 11.8. The van der Waals surface area contributed by atoms with E-state index in [0.29, 0.717) is 13.0 Å². The lowest BCUT2D eigenvalue weighted by Crippen LogP contribution is -2.46. The van der Waals surface area contributed by atoms with Crippen LogP contribution in [0.25, 0.3) is 0 Å². The fraction of sp³-hybridized carbons (Fsp3) is 0.842. The van der Waals surface area contributed by atoms with Crippen LogP contribution >= 0.6 is 0 Å². The molecule has 0 aliphatic rings. The Bertz CT molecular complexity index is 501. The minimum Gasteiger partial charge on any atom is -0.458 e. The van der Waals surface area contributed by atoms with Crippen molar-refractivity contribution in [3.05, 3.63) is 0 Å². The molecule has 0 saturated heterocycles. The number of alkyl carbamates (subject to hydrolysis) is 1. The molecule has 1 atom stereocenters. The van der Waals surface area contributed by atoms with Gasteiger partial charge in [0.1, 0.15) is 23.0 Å². The number of nitrogens with one attached hydrogen (secondary N) is 1. The number of rotatable bonds is 8. The molecule has 7 heteroatoms. The molecule has 0 saturated carbocycles. The van der Waals surface area contributed by atoms with E-state index in [1.807, 2.05) is 13.8 Å². The number of carbonyl (C=O) groups is 3. The number of hydrogen-bond acceptors (Lipinski definition) is 6. The molecule has 3 N–H and O–H groups in total. The van der Waals surface area contributed by atoms with Gasteiger partial charge in [0.25, 0.3) is 0 Å². The molecule has 0 aliphatic heterocycles. The van der Waals surface area contributed by atoms with Crippen molar-refractivity contribution in [2.24, 2.45) is 11.1 Å². The van der Waals surface area contributed by atoms with E-state index < -0.39 is 29.3 Å². The summed E-state index contributed by atoms with van der Waals surface area (Å²) < 4.78 is 10.5. The molecule has 0 aromatic carbocycles. The van der Waals surface area contributed by atoms with Crippen LogP contribution in [-0.4, -0.2) is 41.6 Å². The molecule has 1 unspecified atom stereocenters. The Morgan fingerprint density at radius 1 is 0.923 bits per heavy atom. The number of Topliss-reactive ketones (excluding diaryl/α,β-unsaturated/α-hetero) is 1. The minimum absolute atomic E-state index is 0.0139. The number of esters is 1. The predicted octanol–water partition coefficient (Wildman–Crippen LogP) is 2.95. The summed E-state index contributed by atoms with van der Waals surface area (Å²) in [4.78, 5) is 36.6. The van der Waals surface area contributed by atoms with Crippen molar-refractivity contribution in [2.75, 3.05) is 6.54 Å². The summed E-state index contributed by atoms with van der Waals surface area (Å²) in [6.45, 7) is 14.6. The summed E-state index contributed by atoms with van der Waals surface area (Å²) in [7, 11) is 0. The number of ether oxygens (including phenoxy) is 2. The Morgan fingerprint density at radius 2 is 1.42 bits per heavy atom. The second-order valence-electron chi connectivity index (χ2n) is 9.35. The fourth-order valence-corrected chi connectivity index (χ4v) is 2.07. The first-order chi connectivity index (χ1) is 11.5. The molecule has 0 rings (SSSR count). The van der Waals surface area contributed by atoms with Crippen LogP contribution in [0.2, 0.25) is 0 Å². The van der Waals surface area contributed by atoms with E-state index in [1.165, 1.54) is 0 Å². The Balaban J connectivity index is 4.96. The van der Waals surface area contributed by atoms with E-state index in [9.17, 15) is 14.4 Å². The van der Waals surface area contributed by atoms with E-state index >= 15 is 0 Å². The number of carbonyl (C=O) groups excluding carboxylic acids is 3. The molecule has 0 fully saturated rings. The Kier molecular flexibility index (Phi) is 8.76. The second-order valence-corrected chi connectivity index (χ2v) is 9.35. The van der Waals surface area contributed by atoms with Crippen molar-refractivity contribution in [3.63, 3.8) is 0 Å². The molecule has 0 aliphatic carbocycles. The molecule has 0 radical (unpaired) electrons. The molecule has 0 spiro atoms. The van der Waals surface area contributed by atoms with Crippen LogP contribution < -0.4 is 11.1 Å². The van der Waals surface area contributed by atoms with Crippen LogP contribution in [0.5, 0.6) is 0 Å². The molecule has 0 aromatic heterocycles. The summed E-state index contributed by atoms with van der Waals surface area (Å²) in [5, 5.41) is 2.52. The van der Waals surface area contributed by atoms with Crippen LogP contribution in [0.3, 0.4) is 0 Å². The van der Waals surface area contributed by atoms with Gasteiger partial charge in [-0.25, -0.2) is 9.59 Å². The van der Waals surface area contributed by atoms with Gasteiger partial charge in [-0.15, -0.1) is 0 Å². The van der Waals surface area contributed by atoms with Crippen LogP contribution in [0, 0.1) is 5.41 Å². The van der Waals surface area contributed by atoms with E-state index in [-0.39, 0.29) is 24.0 Å². The number of ketones is 1. The van der Waals surface area contributed by atoms with Gasteiger partial charge in [-0.2, -0.15) is 0 Å². The molecule has 1 amide bonds. The van der Waals surface area contributed by atoms with Gasteiger partial charge >= 0.3 is 12.1 Å². The Morgan fingerprint density at radius 3 is 1.85 bits per heavy atom. The van der Waals surface area contributed by atoms with Gasteiger partial charge < -0.3 is 20.5 Å². The molecule has 26 heavy (non-hydrogen) atoms. The molecule has 0 heterocycles. The maximum Gasteiger partial charge on any atom is 0.408 e. The summed E-state index contributed by atoms with van der Waals surface area (Å²) >= 11 is 0. The molecule has 0 aromatic rings. The molecule has 152 valence electrons. The number of hydrogen-bond donors (Lipinski definition) is 2. The maximum atomic E-state index is 12.4. The van der Waals surface area contributed by atoms with E-state index in [4.69, 9.17) is 15.2 Å². The lowest BCUT2D eigenvalue weighted by molar-refractivity contribution is -0.157. The van der Waals surface area contributed by atoms with Crippen molar-refractivity contribution < 1.29 is 23.9 Å². The largest absolute Gasteiger partial charge is 0.458 e. The molecule has 0 bridgehead atoms. The zero-order valence-electron chi connectivity index (χ0n) is 17.5. The Labute approximate surface area is 157 Å². The average molecular weight is 373 g/mol. The lowest BCUT2D eigenvalue weighted by atomic mass is 9.86. The van der Waals surface area contributed by atoms with E-state index in [0.717, 1.165) is 0 Å². The van der Waals surface area contributed by atoms with Gasteiger partial charge in [0.15, 0.2) is 0 Å². The van der Waals surface area contributed by atoms with Crippen molar-refractivity contribution in [1.29, 1.82) is 0 Å². The van der Waals surface area contributed by atoms with Gasteiger partial charge in [-0.3, -0.25) is 4.79 Å². The summed E-state index contributed by atoms with van der Waals surface area (Å²) in [6.07, 6.45) is -0.114. The van der Waals surface area contributed by atoms with E-state index in [2.05, 4.69) is 5.32 Å². The minimum atomic E-state index is -0.950. The molecular formula is C19H36N2O5. The fourth-order valence-electron chi connectivity index (χ4n) is 2.07. The standard InChI is InChI=1S/C19H36N2O5/c1-17(2,3)25-15(23)14(21-16(24)26-18(4,5)6)10-9-13(22)11-19(7,8)12-20/h14H,9-12,20H2,1-8H3,(H,21,24). The summed E-state index contributed by atoms with van der Waals surface area (Å²) in [5.74, 6) is -0.603. The number of amides is 1. The number of nitrogens with two attached hydrogens (primary N) is 1. The van der Waals surface area contributed by atoms with Gasteiger partial charge in [0, 0.05) is 12.8 Å². The zero-order chi connectivity index (χ0) is 20.8. The maximum absolute atomic E-state index is 12.4. The van der Waals surface area contributed by atoms with Crippen LogP contribution in [0.4, 0.5) is 4.79 Å². The average Bonchev–Trinajstić information content (AvgIpc) is 2.38. The lowest BCUT2D eigenvalue weighted by Gasteiger charge is -2.26. The highest BCUT2D eigenvalue weighted by molar-refractivity contribution is 5.84. The van der Waals surface area contributed by atoms with Gasteiger partial charge in [0.05, 0.1) is 0 Å². The zero-order valence-corrected chi connectivity index (χ0v) is 17.5. The second kappa shape index (κ2) is 9.35. The smallest absolute Gasteiger partial charge is 0.408 e. The first kappa shape index (κ1) is 24.4. The SMILES string of the molecule is CC(C)(CN)CC(=O)CCC(NC(=O)OC(C)(C)C)C(=O)OC(C)(C)C. The highest BCUT2D eigenvalue weighted by Crippen LogP contribution is 2.20. The Hall–Kier alpha value is -1.63. The summed E-state index contributed by atoms with van der Waals surface area (Å²) in [5.41, 5.74) is 3.97. The van der Waals surface area contributed by atoms with E-state index in [1.54, 1.807) is 41.5 Å². The van der Waals surface area contributed by atoms with Crippen LogP contribution in [0.1, 0.15) is 74.7 Å². The van der Waals surface area contributed by atoms with Gasteiger partial charge in [-0.05, 0) is 59.9 Å². The first-order valence-corrected chi connectivity index (χ1v) is 8.99.